The fourth-order valence-electron chi connectivity index (χ4n) is 7.40. The predicted octanol–water partition coefficient (Wildman–Crippen LogP) is 3.56. The minimum absolute atomic E-state index is 0.0439. The van der Waals surface area contributed by atoms with Crippen molar-refractivity contribution in [3.8, 4) is 0 Å². The van der Waals surface area contributed by atoms with Crippen molar-refractivity contribution in [1.29, 1.82) is 0 Å². The Morgan fingerprint density at radius 3 is 2.46 bits per heavy atom. The first-order valence-corrected chi connectivity index (χ1v) is 13.8. The van der Waals surface area contributed by atoms with E-state index in [-0.39, 0.29) is 36.4 Å². The number of aliphatic hydroxyl groups is 1. The van der Waals surface area contributed by atoms with Crippen molar-refractivity contribution < 1.29 is 29.0 Å². The SMILES string of the molecule is C=CCN(C(=O)[C@H]1N([C@@H](CO)CC(C)C)C(=O)[C@@H]2[C@@H](C(=O)OCC)[C@H]3CC[C@]21O3)C(C)(C)CC(C)(C)C. The van der Waals surface area contributed by atoms with Gasteiger partial charge >= 0.3 is 5.97 Å². The van der Waals surface area contributed by atoms with Crippen LogP contribution in [0.2, 0.25) is 0 Å². The molecule has 8 heteroatoms. The van der Waals surface area contributed by atoms with Crippen LogP contribution in [-0.2, 0) is 23.9 Å². The van der Waals surface area contributed by atoms with Gasteiger partial charge in [-0.3, -0.25) is 14.4 Å². The van der Waals surface area contributed by atoms with Gasteiger partial charge in [-0.1, -0.05) is 40.7 Å². The highest BCUT2D eigenvalue weighted by molar-refractivity contribution is 5.98. The lowest BCUT2D eigenvalue weighted by Crippen LogP contribution is -2.62. The van der Waals surface area contributed by atoms with Crippen LogP contribution in [0.25, 0.3) is 0 Å². The maximum absolute atomic E-state index is 14.7. The van der Waals surface area contributed by atoms with Crippen molar-refractivity contribution in [3.63, 3.8) is 0 Å². The molecular formula is C29H48N2O6. The number of carbonyl (C=O) groups is 3. The smallest absolute Gasteiger partial charge is 0.312 e. The lowest BCUT2D eigenvalue weighted by Gasteiger charge is -2.46. The van der Waals surface area contributed by atoms with Gasteiger partial charge in [-0.05, 0) is 57.8 Å². The molecule has 1 spiro atoms. The summed E-state index contributed by atoms with van der Waals surface area (Å²) in [6.45, 7) is 20.5. The van der Waals surface area contributed by atoms with Crippen LogP contribution in [0, 0.1) is 23.2 Å². The monoisotopic (exact) mass is 520 g/mol. The van der Waals surface area contributed by atoms with Gasteiger partial charge in [0, 0.05) is 12.1 Å². The molecule has 210 valence electrons. The minimum atomic E-state index is -1.11. The molecule has 0 aromatic carbocycles. The Kier molecular flexibility index (Phi) is 8.55. The standard InChI is InChI=1S/C29H48N2O6/c1-10-14-30(28(8,9)17-27(5,6)7)25(34)23-29-13-12-20(37-29)21(26(35)36-11-2)22(29)24(33)31(23)19(16-32)15-18(3)4/h10,18-23,32H,1,11-17H2,2-9H3/t19-,20-,21+,22+,23-,29+/m1/s1. The van der Waals surface area contributed by atoms with Crippen LogP contribution in [0.1, 0.15) is 81.1 Å². The molecule has 3 aliphatic heterocycles. The number of carbonyl (C=O) groups excluding carboxylic acids is 3. The maximum atomic E-state index is 14.7. The Labute approximate surface area is 222 Å². The number of likely N-dealkylation sites (tertiary alicyclic amines) is 1. The van der Waals surface area contributed by atoms with Crippen molar-refractivity contribution in [3.05, 3.63) is 12.7 Å². The molecule has 0 aromatic rings. The van der Waals surface area contributed by atoms with Gasteiger partial charge in [0.2, 0.25) is 11.8 Å². The third-order valence-electron chi connectivity index (χ3n) is 8.15. The van der Waals surface area contributed by atoms with Gasteiger partial charge < -0.3 is 24.4 Å². The number of nitrogens with zero attached hydrogens (tertiary/aromatic N) is 2. The summed E-state index contributed by atoms with van der Waals surface area (Å²) in [7, 11) is 0. The number of rotatable bonds is 11. The highest BCUT2D eigenvalue weighted by Gasteiger charge is 2.75. The molecule has 3 aliphatic rings. The summed E-state index contributed by atoms with van der Waals surface area (Å²) < 4.78 is 11.9. The van der Waals surface area contributed by atoms with Gasteiger partial charge in [0.1, 0.15) is 11.6 Å². The summed E-state index contributed by atoms with van der Waals surface area (Å²) in [4.78, 5) is 45.3. The molecule has 0 aromatic heterocycles. The quantitative estimate of drug-likeness (QED) is 0.331. The highest BCUT2D eigenvalue weighted by Crippen LogP contribution is 2.59. The average molecular weight is 521 g/mol. The van der Waals surface area contributed by atoms with Crippen molar-refractivity contribution in [2.24, 2.45) is 23.2 Å². The largest absolute Gasteiger partial charge is 0.466 e. The van der Waals surface area contributed by atoms with E-state index in [4.69, 9.17) is 9.47 Å². The molecule has 2 bridgehead atoms. The molecule has 0 saturated carbocycles. The van der Waals surface area contributed by atoms with Gasteiger partial charge in [0.25, 0.3) is 0 Å². The third kappa shape index (κ3) is 5.33. The Morgan fingerprint density at radius 2 is 1.95 bits per heavy atom. The Balaban J connectivity index is 2.13. The number of esters is 1. The zero-order chi connectivity index (χ0) is 27.9. The first-order chi connectivity index (χ1) is 17.1. The average Bonchev–Trinajstić information content (AvgIpc) is 3.41. The Hall–Kier alpha value is -1.93. The number of amides is 2. The van der Waals surface area contributed by atoms with E-state index >= 15 is 0 Å². The topological polar surface area (TPSA) is 96.4 Å². The fourth-order valence-corrected chi connectivity index (χ4v) is 7.40. The number of hydrogen-bond donors (Lipinski definition) is 1. The van der Waals surface area contributed by atoms with Crippen LogP contribution < -0.4 is 0 Å². The van der Waals surface area contributed by atoms with Gasteiger partial charge in [-0.25, -0.2) is 0 Å². The summed E-state index contributed by atoms with van der Waals surface area (Å²) in [6, 6.07) is -1.48. The maximum Gasteiger partial charge on any atom is 0.312 e. The number of aliphatic hydroxyl groups excluding tert-OH is 1. The molecule has 1 N–H and O–H groups in total. The van der Waals surface area contributed by atoms with Crippen molar-refractivity contribution >= 4 is 17.8 Å². The Morgan fingerprint density at radius 1 is 1.30 bits per heavy atom. The molecule has 0 aliphatic carbocycles. The molecular weight excluding hydrogens is 472 g/mol. The fraction of sp³-hybridized carbons (Fsp3) is 0.828. The zero-order valence-electron chi connectivity index (χ0n) is 24.1. The van der Waals surface area contributed by atoms with E-state index in [1.165, 1.54) is 0 Å². The summed E-state index contributed by atoms with van der Waals surface area (Å²) in [5, 5.41) is 10.4. The molecule has 8 nitrogen and oxygen atoms in total. The number of hydrogen-bond acceptors (Lipinski definition) is 6. The molecule has 3 saturated heterocycles. The normalized spacial score (nSPS) is 30.0. The molecule has 37 heavy (non-hydrogen) atoms. The molecule has 2 amide bonds. The van der Waals surface area contributed by atoms with Crippen LogP contribution in [0.4, 0.5) is 0 Å². The summed E-state index contributed by atoms with van der Waals surface area (Å²) in [5.41, 5.74) is -1.69. The van der Waals surface area contributed by atoms with Crippen LogP contribution in [0.5, 0.6) is 0 Å². The van der Waals surface area contributed by atoms with E-state index in [9.17, 15) is 19.5 Å². The molecule has 6 atom stereocenters. The van der Waals surface area contributed by atoms with E-state index in [0.717, 1.165) is 6.42 Å². The second-order valence-electron chi connectivity index (χ2n) is 13.3. The van der Waals surface area contributed by atoms with E-state index in [1.54, 1.807) is 17.9 Å². The molecule has 0 radical (unpaired) electrons. The molecule has 3 heterocycles. The van der Waals surface area contributed by atoms with Crippen molar-refractivity contribution in [2.45, 2.75) is 110 Å². The van der Waals surface area contributed by atoms with Crippen molar-refractivity contribution in [1.82, 2.24) is 9.80 Å². The van der Waals surface area contributed by atoms with Crippen LogP contribution in [0.3, 0.4) is 0 Å². The van der Waals surface area contributed by atoms with Gasteiger partial charge in [0.05, 0.1) is 37.2 Å². The van der Waals surface area contributed by atoms with E-state index in [0.29, 0.717) is 25.8 Å². The predicted molar refractivity (Wildman–Crippen MR) is 141 cm³/mol. The lowest BCUT2D eigenvalue weighted by molar-refractivity contribution is -0.158. The number of ether oxygens (including phenoxy) is 2. The van der Waals surface area contributed by atoms with E-state index in [1.807, 2.05) is 32.6 Å². The summed E-state index contributed by atoms with van der Waals surface area (Å²) in [6.07, 6.45) is 3.64. The summed E-state index contributed by atoms with van der Waals surface area (Å²) in [5.74, 6) is -2.28. The second-order valence-corrected chi connectivity index (χ2v) is 13.3. The zero-order valence-corrected chi connectivity index (χ0v) is 24.1. The van der Waals surface area contributed by atoms with Crippen molar-refractivity contribution in [2.75, 3.05) is 19.8 Å². The van der Waals surface area contributed by atoms with Crippen LogP contribution in [0.15, 0.2) is 12.7 Å². The van der Waals surface area contributed by atoms with Gasteiger partial charge in [-0.2, -0.15) is 0 Å². The lowest BCUT2D eigenvalue weighted by atomic mass is 9.70. The minimum Gasteiger partial charge on any atom is -0.466 e. The first kappa shape index (κ1) is 29.6. The second kappa shape index (κ2) is 10.7. The molecule has 3 fully saturated rings. The van der Waals surface area contributed by atoms with E-state index < -0.39 is 47.1 Å². The van der Waals surface area contributed by atoms with E-state index in [2.05, 4.69) is 27.4 Å². The highest BCUT2D eigenvalue weighted by atomic mass is 16.6. The Bertz CT molecular complexity index is 893. The summed E-state index contributed by atoms with van der Waals surface area (Å²) >= 11 is 0. The van der Waals surface area contributed by atoms with Crippen LogP contribution in [-0.4, -0.2) is 81.8 Å². The first-order valence-electron chi connectivity index (χ1n) is 13.8. The van der Waals surface area contributed by atoms with Gasteiger partial charge in [-0.15, -0.1) is 6.58 Å². The molecule has 3 rings (SSSR count). The van der Waals surface area contributed by atoms with Crippen LogP contribution >= 0.6 is 0 Å². The molecule has 0 unspecified atom stereocenters. The third-order valence-corrected chi connectivity index (χ3v) is 8.15. The number of fused-ring (bicyclic) bond motifs is 1. The van der Waals surface area contributed by atoms with Gasteiger partial charge in [0.15, 0.2) is 0 Å².